The molecule has 0 atom stereocenters. The van der Waals surface area contributed by atoms with Gasteiger partial charge in [0.15, 0.2) is 17.3 Å². The van der Waals surface area contributed by atoms with E-state index >= 15 is 0 Å². The number of hydrogen-bond acceptors (Lipinski definition) is 7. The van der Waals surface area contributed by atoms with Gasteiger partial charge in [0.2, 0.25) is 5.91 Å². The molecule has 4 N–H and O–H groups in total. The molecule has 3 aromatic carbocycles. The summed E-state index contributed by atoms with van der Waals surface area (Å²) in [5.74, 6) is -2.18. The number of amides is 1. The number of esters is 1. The quantitative estimate of drug-likeness (QED) is 0.149. The summed E-state index contributed by atoms with van der Waals surface area (Å²) in [7, 11) is 0. The zero-order valence-electron chi connectivity index (χ0n) is 17.9. The van der Waals surface area contributed by atoms with Gasteiger partial charge in [-0.25, -0.2) is 4.79 Å². The summed E-state index contributed by atoms with van der Waals surface area (Å²) in [6, 6.07) is 13.7. The lowest BCUT2D eigenvalue weighted by molar-refractivity contribution is -0.118. The van der Waals surface area contributed by atoms with Crippen LogP contribution in [-0.4, -0.2) is 27.9 Å². The average Bonchev–Trinajstić information content (AvgIpc) is 3.18. The first kappa shape index (κ1) is 24.5. The van der Waals surface area contributed by atoms with Crippen LogP contribution in [0.25, 0.3) is 11.0 Å². The first-order chi connectivity index (χ1) is 16.7. The van der Waals surface area contributed by atoms with Crippen LogP contribution >= 0.6 is 31.9 Å². The van der Waals surface area contributed by atoms with E-state index < -0.39 is 17.7 Å². The van der Waals surface area contributed by atoms with Crippen molar-refractivity contribution in [2.75, 3.05) is 0 Å². The second-order valence-electron chi connectivity index (χ2n) is 7.56. The highest BCUT2D eigenvalue weighted by atomic mass is 79.9. The second-order valence-corrected chi connectivity index (χ2v) is 9.26. The van der Waals surface area contributed by atoms with Gasteiger partial charge < -0.3 is 25.1 Å². The monoisotopic (exact) mass is 601 g/mol. The molecule has 8 nitrogen and oxygen atoms in total. The van der Waals surface area contributed by atoms with Crippen LogP contribution in [0.2, 0.25) is 0 Å². The molecule has 4 rings (SSSR count). The second kappa shape index (κ2) is 9.93. The molecule has 0 aliphatic heterocycles. The van der Waals surface area contributed by atoms with E-state index in [4.69, 9.17) is 14.9 Å². The molecule has 1 heterocycles. The summed E-state index contributed by atoms with van der Waals surface area (Å²) in [5, 5.41) is 20.8. The maximum absolute atomic E-state index is 13.5. The minimum Gasteiger partial charge on any atom is -0.506 e. The first-order valence-corrected chi connectivity index (χ1v) is 11.8. The van der Waals surface area contributed by atoms with Crippen LogP contribution in [-0.2, 0) is 11.2 Å². The molecule has 0 aliphatic rings. The number of nitrogens with two attached hydrogens (primary N) is 1. The van der Waals surface area contributed by atoms with Crippen molar-refractivity contribution in [2.24, 2.45) is 5.73 Å². The maximum Gasteiger partial charge on any atom is 0.343 e. The third-order valence-electron chi connectivity index (χ3n) is 5.16. The van der Waals surface area contributed by atoms with E-state index in [2.05, 4.69) is 31.9 Å². The molecule has 10 heteroatoms. The van der Waals surface area contributed by atoms with E-state index in [9.17, 15) is 24.6 Å². The van der Waals surface area contributed by atoms with Gasteiger partial charge in [-0.05, 0) is 62.2 Å². The van der Waals surface area contributed by atoms with Crippen molar-refractivity contribution in [2.45, 2.75) is 12.8 Å². The molecule has 0 radical (unpaired) electrons. The number of ether oxygens (including phenoxy) is 1. The van der Waals surface area contributed by atoms with E-state index in [1.54, 1.807) is 30.3 Å². The highest BCUT2D eigenvalue weighted by Crippen LogP contribution is 2.39. The van der Waals surface area contributed by atoms with Gasteiger partial charge in [-0.3, -0.25) is 9.59 Å². The van der Waals surface area contributed by atoms with Crippen molar-refractivity contribution >= 4 is 60.5 Å². The fraction of sp³-hybridized carbons (Fsp3) is 0.0800. The Labute approximate surface area is 215 Å². The van der Waals surface area contributed by atoms with E-state index in [0.29, 0.717) is 8.95 Å². The molecule has 1 aromatic heterocycles. The summed E-state index contributed by atoms with van der Waals surface area (Å²) in [6.07, 6.45) is -0.0453. The molecule has 0 saturated carbocycles. The summed E-state index contributed by atoms with van der Waals surface area (Å²) in [6.45, 7) is 0. The SMILES string of the molecule is NC(=O)CCc1oc2cc(OC(=O)c3ccccc3)c(O)cc2c1C(=O)c1cc(Br)c(O)c(Br)c1. The molecule has 178 valence electrons. The number of aromatic hydroxyl groups is 2. The fourth-order valence-corrected chi connectivity index (χ4v) is 4.67. The zero-order chi connectivity index (χ0) is 25.3. The summed E-state index contributed by atoms with van der Waals surface area (Å²) in [4.78, 5) is 37.3. The average molecular weight is 603 g/mol. The van der Waals surface area contributed by atoms with Crippen molar-refractivity contribution in [1.82, 2.24) is 0 Å². The molecule has 0 fully saturated rings. The molecule has 0 saturated heterocycles. The Hall–Kier alpha value is -3.63. The highest BCUT2D eigenvalue weighted by Gasteiger charge is 2.26. The van der Waals surface area contributed by atoms with Gasteiger partial charge in [0, 0.05) is 29.9 Å². The van der Waals surface area contributed by atoms with Gasteiger partial charge in [0.1, 0.15) is 17.1 Å². The molecular formula is C25H17Br2NO7. The lowest BCUT2D eigenvalue weighted by atomic mass is 9.98. The number of fused-ring (bicyclic) bond motifs is 1. The van der Waals surface area contributed by atoms with Gasteiger partial charge >= 0.3 is 5.97 Å². The summed E-state index contributed by atoms with van der Waals surface area (Å²) < 4.78 is 11.8. The molecule has 35 heavy (non-hydrogen) atoms. The molecule has 1 amide bonds. The maximum atomic E-state index is 13.5. The predicted octanol–water partition coefficient (Wildman–Crippen LogP) is 5.24. The Kier molecular flexibility index (Phi) is 6.95. The smallest absolute Gasteiger partial charge is 0.343 e. The van der Waals surface area contributed by atoms with Gasteiger partial charge in [0.25, 0.3) is 0 Å². The minimum atomic E-state index is -0.684. The molecular weight excluding hydrogens is 586 g/mol. The van der Waals surface area contributed by atoms with Gasteiger partial charge in [0.05, 0.1) is 20.1 Å². The number of hydrogen-bond donors (Lipinski definition) is 3. The molecule has 0 bridgehead atoms. The number of aryl methyl sites for hydroxylation is 1. The van der Waals surface area contributed by atoms with Crippen LogP contribution in [0.15, 0.2) is 68.0 Å². The number of rotatable bonds is 7. The summed E-state index contributed by atoms with van der Waals surface area (Å²) >= 11 is 6.41. The highest BCUT2D eigenvalue weighted by molar-refractivity contribution is 9.11. The fourth-order valence-electron chi connectivity index (χ4n) is 3.48. The van der Waals surface area contributed by atoms with Gasteiger partial charge in [-0.2, -0.15) is 0 Å². The Morgan fingerprint density at radius 2 is 1.60 bits per heavy atom. The van der Waals surface area contributed by atoms with E-state index in [0.717, 1.165) is 0 Å². The number of phenols is 2. The molecule has 0 aliphatic carbocycles. The third kappa shape index (κ3) is 5.08. The van der Waals surface area contributed by atoms with E-state index in [1.165, 1.54) is 24.3 Å². The third-order valence-corrected chi connectivity index (χ3v) is 6.37. The van der Waals surface area contributed by atoms with Gasteiger partial charge in [-0.1, -0.05) is 18.2 Å². The van der Waals surface area contributed by atoms with Crippen molar-refractivity contribution in [1.29, 1.82) is 0 Å². The number of benzene rings is 3. The molecule has 4 aromatic rings. The number of phenolic OH excluding ortho intramolecular Hbond substituents is 2. The molecule has 0 unspecified atom stereocenters. The van der Waals surface area contributed by atoms with Crippen LogP contribution in [0.5, 0.6) is 17.2 Å². The zero-order valence-corrected chi connectivity index (χ0v) is 21.1. The van der Waals surface area contributed by atoms with Crippen molar-refractivity contribution in [3.63, 3.8) is 0 Å². The van der Waals surface area contributed by atoms with Crippen LogP contribution < -0.4 is 10.5 Å². The lowest BCUT2D eigenvalue weighted by Crippen LogP contribution is -2.12. The van der Waals surface area contributed by atoms with E-state index in [1.807, 2.05) is 0 Å². The number of primary amides is 1. The standard InChI is InChI=1S/C25H17Br2NO7/c26-15-8-13(9-16(27)24(15)32)23(31)22-14-10-17(29)20(35-25(33)12-4-2-1-3-5-12)11-19(14)34-18(22)6-7-21(28)30/h1-5,8-11,29,32H,6-7H2,(H2,28,30). The summed E-state index contributed by atoms with van der Waals surface area (Å²) in [5.41, 5.74) is 6.06. The van der Waals surface area contributed by atoms with E-state index in [-0.39, 0.29) is 63.5 Å². The molecule has 0 spiro atoms. The number of furan rings is 1. The van der Waals surface area contributed by atoms with Crippen LogP contribution in [0, 0.1) is 0 Å². The Bertz CT molecular complexity index is 1460. The van der Waals surface area contributed by atoms with Crippen molar-refractivity contribution in [3.05, 3.63) is 86.0 Å². The Morgan fingerprint density at radius 3 is 2.23 bits per heavy atom. The van der Waals surface area contributed by atoms with Crippen molar-refractivity contribution in [3.8, 4) is 17.2 Å². The Morgan fingerprint density at radius 1 is 0.943 bits per heavy atom. The van der Waals surface area contributed by atoms with Crippen LogP contribution in [0.3, 0.4) is 0 Å². The number of carbonyl (C=O) groups excluding carboxylic acids is 3. The lowest BCUT2D eigenvalue weighted by Gasteiger charge is -2.08. The largest absolute Gasteiger partial charge is 0.506 e. The van der Waals surface area contributed by atoms with Crippen LogP contribution in [0.4, 0.5) is 0 Å². The number of carbonyl (C=O) groups is 3. The normalized spacial score (nSPS) is 10.9. The van der Waals surface area contributed by atoms with Gasteiger partial charge in [-0.15, -0.1) is 0 Å². The predicted molar refractivity (Wildman–Crippen MR) is 134 cm³/mol. The number of ketones is 1. The topological polar surface area (TPSA) is 140 Å². The van der Waals surface area contributed by atoms with Crippen LogP contribution in [0.1, 0.15) is 38.5 Å². The first-order valence-electron chi connectivity index (χ1n) is 10.2. The Balaban J connectivity index is 1.80. The van der Waals surface area contributed by atoms with Crippen molar-refractivity contribution < 1.29 is 33.8 Å². The minimum absolute atomic E-state index is 0.0331. The number of halogens is 2.